The number of carbonyl (C=O) groups excluding carboxylic acids is 1. The Morgan fingerprint density at radius 1 is 1.23 bits per heavy atom. The van der Waals surface area contributed by atoms with Crippen LogP contribution in [0.4, 0.5) is 8.78 Å². The van der Waals surface area contributed by atoms with E-state index in [1.165, 1.54) is 17.0 Å². The van der Waals surface area contributed by atoms with Crippen molar-refractivity contribution in [1.29, 1.82) is 0 Å². The molecule has 164 valence electrons. The van der Waals surface area contributed by atoms with Gasteiger partial charge >= 0.3 is 0 Å². The summed E-state index contributed by atoms with van der Waals surface area (Å²) in [6, 6.07) is 8.58. The van der Waals surface area contributed by atoms with Crippen molar-refractivity contribution >= 4 is 23.5 Å². The summed E-state index contributed by atoms with van der Waals surface area (Å²) in [6.07, 6.45) is 1.14. The third-order valence-corrected chi connectivity index (χ3v) is 6.59. The Kier molecular flexibility index (Phi) is 5.30. The van der Waals surface area contributed by atoms with E-state index >= 15 is 0 Å². The van der Waals surface area contributed by atoms with Crippen LogP contribution in [0.5, 0.6) is 0 Å². The van der Waals surface area contributed by atoms with E-state index in [9.17, 15) is 18.7 Å². The summed E-state index contributed by atoms with van der Waals surface area (Å²) in [5.41, 5.74) is 5.98. The molecule has 5 nitrogen and oxygen atoms in total. The molecule has 0 saturated heterocycles. The topological polar surface area (TPSA) is 78.9 Å². The van der Waals surface area contributed by atoms with Crippen LogP contribution in [0.1, 0.15) is 49.8 Å². The Balaban J connectivity index is 1.64. The SMILES string of the molecule is CC1(O)CC(N2C(=O)C[C@@](C)(c3cccc(Cc4ccc(F)cc4F)c3Cl)N=C2N)C1. The number of nitrogens with zero attached hydrogens (tertiary/aromatic N) is 2. The summed E-state index contributed by atoms with van der Waals surface area (Å²) in [6.45, 7) is 3.51. The number of halogens is 3. The van der Waals surface area contributed by atoms with Crippen molar-refractivity contribution in [2.45, 2.75) is 56.7 Å². The highest BCUT2D eigenvalue weighted by molar-refractivity contribution is 6.32. The summed E-state index contributed by atoms with van der Waals surface area (Å²) in [5, 5.41) is 10.4. The summed E-state index contributed by atoms with van der Waals surface area (Å²) < 4.78 is 27.3. The van der Waals surface area contributed by atoms with Gasteiger partial charge in [-0.2, -0.15) is 0 Å². The zero-order valence-electron chi connectivity index (χ0n) is 17.3. The lowest BCUT2D eigenvalue weighted by atomic mass is 9.75. The molecule has 1 amide bonds. The zero-order chi connectivity index (χ0) is 22.6. The van der Waals surface area contributed by atoms with Gasteiger partial charge in [0.05, 0.1) is 17.6 Å². The second-order valence-corrected chi connectivity index (χ2v) is 9.31. The van der Waals surface area contributed by atoms with E-state index in [4.69, 9.17) is 17.3 Å². The summed E-state index contributed by atoms with van der Waals surface area (Å²) in [7, 11) is 0. The average molecular weight is 448 g/mol. The number of aliphatic imine (C=N–C) groups is 1. The Morgan fingerprint density at radius 3 is 2.55 bits per heavy atom. The molecule has 1 atom stereocenters. The quantitative estimate of drug-likeness (QED) is 0.746. The van der Waals surface area contributed by atoms with Crippen molar-refractivity contribution in [2.75, 3.05) is 0 Å². The molecule has 0 unspecified atom stereocenters. The molecular formula is C23H24ClF2N3O2. The standard InChI is InChI=1S/C23H24ClF2N3O2/c1-22(31)10-16(11-22)29-19(30)12-23(2,28-21(29)27)17-5-3-4-14(20(17)24)8-13-6-7-15(25)9-18(13)26/h3-7,9,16,31H,8,10-12H2,1-2H3,(H2,27,28)/t16?,22?,23-/m0/s1. The van der Waals surface area contributed by atoms with Crippen LogP contribution >= 0.6 is 11.6 Å². The third kappa shape index (κ3) is 4.04. The van der Waals surface area contributed by atoms with Gasteiger partial charge in [0.1, 0.15) is 11.6 Å². The number of hydrogen-bond donors (Lipinski definition) is 2. The van der Waals surface area contributed by atoms with Gasteiger partial charge in [0.15, 0.2) is 5.96 Å². The highest BCUT2D eigenvalue weighted by atomic mass is 35.5. The number of aliphatic hydroxyl groups is 1. The van der Waals surface area contributed by atoms with Crippen molar-refractivity contribution in [3.8, 4) is 0 Å². The van der Waals surface area contributed by atoms with E-state index < -0.39 is 22.8 Å². The number of amides is 1. The molecule has 1 heterocycles. The van der Waals surface area contributed by atoms with Crippen molar-refractivity contribution in [2.24, 2.45) is 10.7 Å². The van der Waals surface area contributed by atoms with Crippen LogP contribution in [-0.4, -0.2) is 33.5 Å². The number of carbonyl (C=O) groups is 1. The predicted octanol–water partition coefficient (Wildman–Crippen LogP) is 3.88. The van der Waals surface area contributed by atoms with Gasteiger partial charge < -0.3 is 10.8 Å². The number of hydrogen-bond acceptors (Lipinski definition) is 4. The summed E-state index contributed by atoms with van der Waals surface area (Å²) in [4.78, 5) is 19.0. The predicted molar refractivity (Wildman–Crippen MR) is 115 cm³/mol. The normalized spacial score (nSPS) is 28.3. The minimum atomic E-state index is -0.974. The smallest absolute Gasteiger partial charge is 0.232 e. The van der Waals surface area contributed by atoms with E-state index in [2.05, 4.69) is 4.99 Å². The molecule has 1 fully saturated rings. The number of guanidine groups is 1. The highest BCUT2D eigenvalue weighted by Crippen LogP contribution is 2.42. The van der Waals surface area contributed by atoms with Crippen LogP contribution in [0.25, 0.3) is 0 Å². The maximum Gasteiger partial charge on any atom is 0.232 e. The summed E-state index contributed by atoms with van der Waals surface area (Å²) in [5.74, 6) is -1.36. The van der Waals surface area contributed by atoms with Crippen LogP contribution in [0.15, 0.2) is 41.4 Å². The lowest BCUT2D eigenvalue weighted by molar-refractivity contribution is -0.138. The van der Waals surface area contributed by atoms with Gasteiger partial charge in [0, 0.05) is 23.6 Å². The molecule has 2 aliphatic rings. The molecule has 4 rings (SSSR count). The van der Waals surface area contributed by atoms with E-state index in [0.717, 1.165) is 6.07 Å². The molecule has 2 aromatic rings. The monoisotopic (exact) mass is 447 g/mol. The Hall–Kier alpha value is -2.51. The number of nitrogens with two attached hydrogens (primary N) is 1. The van der Waals surface area contributed by atoms with Gasteiger partial charge in [0.25, 0.3) is 0 Å². The first-order valence-corrected chi connectivity index (χ1v) is 10.5. The van der Waals surface area contributed by atoms with Gasteiger partial charge in [-0.1, -0.05) is 35.9 Å². The third-order valence-electron chi connectivity index (χ3n) is 6.14. The first-order chi connectivity index (χ1) is 14.5. The maximum atomic E-state index is 14.1. The Labute approximate surface area is 184 Å². The number of rotatable bonds is 4. The van der Waals surface area contributed by atoms with Crippen LogP contribution in [-0.2, 0) is 16.8 Å². The molecule has 31 heavy (non-hydrogen) atoms. The zero-order valence-corrected chi connectivity index (χ0v) is 18.1. The molecular weight excluding hydrogens is 424 g/mol. The fourth-order valence-electron chi connectivity index (χ4n) is 4.54. The molecule has 1 aliphatic carbocycles. The molecule has 1 aliphatic heterocycles. The van der Waals surface area contributed by atoms with Gasteiger partial charge in [-0.25, -0.2) is 13.8 Å². The Bertz CT molecular complexity index is 1080. The molecule has 0 spiro atoms. The highest BCUT2D eigenvalue weighted by Gasteiger charge is 2.48. The molecule has 2 aromatic carbocycles. The van der Waals surface area contributed by atoms with Crippen molar-refractivity contribution < 1.29 is 18.7 Å². The molecule has 0 bridgehead atoms. The molecule has 0 radical (unpaired) electrons. The average Bonchev–Trinajstić information content (AvgIpc) is 2.63. The molecule has 3 N–H and O–H groups in total. The fraction of sp³-hybridized carbons (Fsp3) is 0.391. The second kappa shape index (κ2) is 7.57. The molecule has 1 saturated carbocycles. The maximum absolute atomic E-state index is 14.1. The molecule has 8 heteroatoms. The van der Waals surface area contributed by atoms with Gasteiger partial charge in [-0.3, -0.25) is 9.69 Å². The summed E-state index contributed by atoms with van der Waals surface area (Å²) >= 11 is 6.67. The second-order valence-electron chi connectivity index (χ2n) is 8.93. The Morgan fingerprint density at radius 2 is 1.94 bits per heavy atom. The van der Waals surface area contributed by atoms with E-state index in [0.29, 0.717) is 34.6 Å². The number of benzene rings is 2. The van der Waals surface area contributed by atoms with Gasteiger partial charge in [0.2, 0.25) is 5.91 Å². The van der Waals surface area contributed by atoms with Crippen molar-refractivity contribution in [1.82, 2.24) is 4.90 Å². The van der Waals surface area contributed by atoms with E-state index in [-0.39, 0.29) is 30.8 Å². The van der Waals surface area contributed by atoms with Crippen molar-refractivity contribution in [3.05, 3.63) is 69.7 Å². The van der Waals surface area contributed by atoms with E-state index in [1.54, 1.807) is 32.0 Å². The minimum absolute atomic E-state index is 0.0699. The van der Waals surface area contributed by atoms with Crippen LogP contribution in [0.3, 0.4) is 0 Å². The first-order valence-electron chi connectivity index (χ1n) is 10.1. The van der Waals surface area contributed by atoms with Crippen LogP contribution < -0.4 is 5.73 Å². The lowest BCUT2D eigenvalue weighted by Crippen LogP contribution is -2.61. The molecule has 0 aromatic heterocycles. The minimum Gasteiger partial charge on any atom is -0.390 e. The largest absolute Gasteiger partial charge is 0.390 e. The van der Waals surface area contributed by atoms with Crippen LogP contribution in [0, 0.1) is 11.6 Å². The van der Waals surface area contributed by atoms with E-state index in [1.807, 2.05) is 0 Å². The first kappa shape index (κ1) is 21.7. The lowest BCUT2D eigenvalue weighted by Gasteiger charge is -2.48. The van der Waals surface area contributed by atoms with Gasteiger partial charge in [-0.15, -0.1) is 0 Å². The fourth-order valence-corrected chi connectivity index (χ4v) is 4.94. The van der Waals surface area contributed by atoms with Crippen molar-refractivity contribution in [3.63, 3.8) is 0 Å². The van der Waals surface area contributed by atoms with Gasteiger partial charge in [-0.05, 0) is 49.4 Å². The van der Waals surface area contributed by atoms with Crippen LogP contribution in [0.2, 0.25) is 5.02 Å².